The summed E-state index contributed by atoms with van der Waals surface area (Å²) in [5.74, 6) is 0.587. The fourth-order valence-corrected chi connectivity index (χ4v) is 4.93. The van der Waals surface area contributed by atoms with E-state index in [1.165, 1.54) is 26.2 Å². The summed E-state index contributed by atoms with van der Waals surface area (Å²) in [7, 11) is -0.596. The largest absolute Gasteiger partial charge is 0.491 e. The molecule has 4 aromatic rings. The summed E-state index contributed by atoms with van der Waals surface area (Å²) in [4.78, 5) is 22.5. The number of fused-ring (bicyclic) bond motifs is 2. The number of aromatic amines is 1. The standard InChI is InChI=1S/C25H24N4O4S/c1-28(2)34(31,32)21-7-3-17(4-8-21)25(30)29-11-12-33-24-10-6-18(13-20(24)15-29)19-5-9-22-23(14-19)27-16-26-22/h3-10,13-14,16H,11-12,15H2,1-2H3,(H,26,27). The Morgan fingerprint density at radius 3 is 2.53 bits per heavy atom. The van der Waals surface area contributed by atoms with Crippen LogP contribution in [0.15, 0.2) is 71.9 Å². The van der Waals surface area contributed by atoms with E-state index in [4.69, 9.17) is 4.74 Å². The molecule has 0 aliphatic carbocycles. The number of imidazole rings is 1. The van der Waals surface area contributed by atoms with E-state index in [9.17, 15) is 13.2 Å². The maximum atomic E-state index is 13.2. The van der Waals surface area contributed by atoms with Gasteiger partial charge in [0.15, 0.2) is 0 Å². The number of benzene rings is 3. The normalized spacial score (nSPS) is 14.0. The number of amides is 1. The van der Waals surface area contributed by atoms with E-state index >= 15 is 0 Å². The molecule has 0 saturated heterocycles. The van der Waals surface area contributed by atoms with Crippen molar-refractivity contribution in [3.63, 3.8) is 0 Å². The molecule has 0 saturated carbocycles. The minimum atomic E-state index is -3.55. The Labute approximate surface area is 197 Å². The van der Waals surface area contributed by atoms with Gasteiger partial charge in [-0.25, -0.2) is 17.7 Å². The number of aromatic nitrogens is 2. The van der Waals surface area contributed by atoms with Crippen molar-refractivity contribution in [2.75, 3.05) is 27.2 Å². The topological polar surface area (TPSA) is 95.6 Å². The van der Waals surface area contributed by atoms with Gasteiger partial charge >= 0.3 is 0 Å². The van der Waals surface area contributed by atoms with Gasteiger partial charge < -0.3 is 14.6 Å². The van der Waals surface area contributed by atoms with Gasteiger partial charge in [0, 0.05) is 31.8 Å². The van der Waals surface area contributed by atoms with Gasteiger partial charge in [-0.3, -0.25) is 4.79 Å². The van der Waals surface area contributed by atoms with E-state index < -0.39 is 10.0 Å². The Balaban J connectivity index is 1.40. The highest BCUT2D eigenvalue weighted by Gasteiger charge is 2.23. The number of carbonyl (C=O) groups is 1. The smallest absolute Gasteiger partial charge is 0.254 e. The van der Waals surface area contributed by atoms with Gasteiger partial charge in [-0.1, -0.05) is 12.1 Å². The first-order chi connectivity index (χ1) is 16.3. The minimum absolute atomic E-state index is 0.150. The predicted octanol–water partition coefficient (Wildman–Crippen LogP) is 3.52. The van der Waals surface area contributed by atoms with Gasteiger partial charge in [0.2, 0.25) is 10.0 Å². The molecule has 0 spiro atoms. The van der Waals surface area contributed by atoms with Crippen LogP contribution in [-0.2, 0) is 16.6 Å². The highest BCUT2D eigenvalue weighted by Crippen LogP contribution is 2.31. The van der Waals surface area contributed by atoms with Crippen molar-refractivity contribution in [2.24, 2.45) is 0 Å². The zero-order chi connectivity index (χ0) is 23.9. The quantitative estimate of drug-likeness (QED) is 0.486. The third-order valence-corrected chi connectivity index (χ3v) is 7.79. The number of ether oxygens (including phenoxy) is 1. The van der Waals surface area contributed by atoms with Crippen LogP contribution in [0, 0.1) is 0 Å². The first kappa shape index (κ1) is 22.1. The van der Waals surface area contributed by atoms with Crippen LogP contribution in [-0.4, -0.2) is 60.7 Å². The second-order valence-electron chi connectivity index (χ2n) is 8.34. The molecular weight excluding hydrogens is 452 g/mol. The van der Waals surface area contributed by atoms with Crippen LogP contribution in [0.1, 0.15) is 15.9 Å². The lowest BCUT2D eigenvalue weighted by molar-refractivity contribution is 0.0733. The Morgan fingerprint density at radius 1 is 1.03 bits per heavy atom. The van der Waals surface area contributed by atoms with Crippen LogP contribution in [0.5, 0.6) is 5.75 Å². The van der Waals surface area contributed by atoms with E-state index in [1.54, 1.807) is 23.4 Å². The van der Waals surface area contributed by atoms with Crippen LogP contribution in [0.4, 0.5) is 0 Å². The fourth-order valence-electron chi connectivity index (χ4n) is 4.03. The first-order valence-electron chi connectivity index (χ1n) is 10.8. The van der Waals surface area contributed by atoms with Gasteiger partial charge in [-0.05, 0) is 59.7 Å². The molecule has 0 fully saturated rings. The molecule has 0 bridgehead atoms. The lowest BCUT2D eigenvalue weighted by Crippen LogP contribution is -2.32. The molecule has 1 aliphatic heterocycles. The lowest BCUT2D eigenvalue weighted by atomic mass is 10.0. The van der Waals surface area contributed by atoms with E-state index in [-0.39, 0.29) is 10.8 Å². The highest BCUT2D eigenvalue weighted by atomic mass is 32.2. The molecule has 1 aliphatic rings. The molecule has 34 heavy (non-hydrogen) atoms. The number of nitrogens with one attached hydrogen (secondary N) is 1. The monoisotopic (exact) mass is 476 g/mol. The number of carbonyl (C=O) groups excluding carboxylic acids is 1. The van der Waals surface area contributed by atoms with Crippen molar-refractivity contribution in [1.82, 2.24) is 19.2 Å². The van der Waals surface area contributed by atoms with E-state index in [1.807, 2.05) is 36.4 Å². The maximum Gasteiger partial charge on any atom is 0.254 e. The third kappa shape index (κ3) is 4.04. The van der Waals surface area contributed by atoms with Crippen LogP contribution < -0.4 is 4.74 Å². The van der Waals surface area contributed by atoms with Crippen molar-refractivity contribution in [2.45, 2.75) is 11.4 Å². The molecule has 8 nitrogen and oxygen atoms in total. The second-order valence-corrected chi connectivity index (χ2v) is 10.5. The summed E-state index contributed by atoms with van der Waals surface area (Å²) in [6, 6.07) is 18.1. The van der Waals surface area contributed by atoms with Gasteiger partial charge in [0.25, 0.3) is 5.91 Å². The summed E-state index contributed by atoms with van der Waals surface area (Å²) in [5, 5.41) is 0. The second kappa shape index (κ2) is 8.58. The predicted molar refractivity (Wildman–Crippen MR) is 129 cm³/mol. The summed E-state index contributed by atoms with van der Waals surface area (Å²) in [6.07, 6.45) is 1.67. The number of rotatable bonds is 4. The van der Waals surface area contributed by atoms with E-state index in [0.29, 0.717) is 25.3 Å². The van der Waals surface area contributed by atoms with Gasteiger partial charge in [0.1, 0.15) is 12.4 Å². The molecule has 9 heteroatoms. The zero-order valence-electron chi connectivity index (χ0n) is 18.9. The van der Waals surface area contributed by atoms with Crippen LogP contribution in [0.3, 0.4) is 0 Å². The first-order valence-corrected chi connectivity index (χ1v) is 12.3. The third-order valence-electron chi connectivity index (χ3n) is 5.96. The van der Waals surface area contributed by atoms with Crippen molar-refractivity contribution in [1.29, 1.82) is 0 Å². The number of nitrogens with zero attached hydrogens (tertiary/aromatic N) is 3. The van der Waals surface area contributed by atoms with Crippen molar-refractivity contribution in [3.05, 3.63) is 78.1 Å². The Morgan fingerprint density at radius 2 is 1.76 bits per heavy atom. The summed E-state index contributed by atoms with van der Waals surface area (Å²) in [6.45, 7) is 1.21. The molecule has 1 amide bonds. The zero-order valence-corrected chi connectivity index (χ0v) is 19.7. The summed E-state index contributed by atoms with van der Waals surface area (Å²) < 4.78 is 31.7. The van der Waals surface area contributed by atoms with Crippen molar-refractivity contribution < 1.29 is 17.9 Å². The molecule has 0 unspecified atom stereocenters. The average Bonchev–Trinajstić information content (AvgIpc) is 3.21. The van der Waals surface area contributed by atoms with Gasteiger partial charge in [-0.2, -0.15) is 0 Å². The molecule has 5 rings (SSSR count). The lowest BCUT2D eigenvalue weighted by Gasteiger charge is -2.20. The molecule has 1 N–H and O–H groups in total. The summed E-state index contributed by atoms with van der Waals surface area (Å²) in [5.41, 5.74) is 5.27. The van der Waals surface area contributed by atoms with Crippen molar-refractivity contribution in [3.8, 4) is 16.9 Å². The Bertz CT molecular complexity index is 1480. The number of hydrogen-bond acceptors (Lipinski definition) is 5. The van der Waals surface area contributed by atoms with Crippen molar-refractivity contribution >= 4 is 27.0 Å². The number of sulfonamides is 1. The Kier molecular flexibility index (Phi) is 5.59. The van der Waals surface area contributed by atoms with Crippen LogP contribution in [0.25, 0.3) is 22.2 Å². The van der Waals surface area contributed by atoms with Crippen LogP contribution >= 0.6 is 0 Å². The van der Waals surface area contributed by atoms with Gasteiger partial charge in [0.05, 0.1) is 28.8 Å². The number of H-pyrrole nitrogens is 1. The van der Waals surface area contributed by atoms with E-state index in [2.05, 4.69) is 9.97 Å². The fraction of sp³-hybridized carbons (Fsp3) is 0.200. The highest BCUT2D eigenvalue weighted by molar-refractivity contribution is 7.89. The summed E-state index contributed by atoms with van der Waals surface area (Å²) >= 11 is 0. The molecular formula is C25H24N4O4S. The molecule has 0 radical (unpaired) electrons. The number of hydrogen-bond donors (Lipinski definition) is 1. The molecule has 3 aromatic carbocycles. The molecule has 2 heterocycles. The van der Waals surface area contributed by atoms with Gasteiger partial charge in [-0.15, -0.1) is 0 Å². The molecule has 174 valence electrons. The maximum absolute atomic E-state index is 13.2. The molecule has 0 atom stereocenters. The van der Waals surface area contributed by atoms with Crippen LogP contribution in [0.2, 0.25) is 0 Å². The van der Waals surface area contributed by atoms with E-state index in [0.717, 1.165) is 37.8 Å². The average molecular weight is 477 g/mol. The minimum Gasteiger partial charge on any atom is -0.491 e. The Hall–Kier alpha value is -3.69. The molecule has 1 aromatic heterocycles. The SMILES string of the molecule is CN(C)S(=O)(=O)c1ccc(C(=O)N2CCOc3ccc(-c4ccc5nc[nH]c5c4)cc3C2)cc1.